The second-order valence-corrected chi connectivity index (χ2v) is 14.3. The second-order valence-electron chi connectivity index (χ2n) is 14.3. The van der Waals surface area contributed by atoms with Crippen LogP contribution in [0, 0.1) is 11.3 Å². The molecule has 3 aromatic rings. The number of hydrogen-bond acceptors (Lipinski definition) is 5. The number of piperidine rings is 1. The van der Waals surface area contributed by atoms with Crippen molar-refractivity contribution < 1.29 is 9.84 Å². The fourth-order valence-corrected chi connectivity index (χ4v) is 10.6. The van der Waals surface area contributed by atoms with Gasteiger partial charge in [0, 0.05) is 41.0 Å². The van der Waals surface area contributed by atoms with Crippen LogP contribution in [-0.4, -0.2) is 74.5 Å². The third kappa shape index (κ3) is 3.68. The van der Waals surface area contributed by atoms with Crippen LogP contribution in [0.3, 0.4) is 0 Å². The Kier molecular flexibility index (Phi) is 5.86. The number of fused-ring (bicyclic) bond motifs is 5. The van der Waals surface area contributed by atoms with E-state index in [0.29, 0.717) is 12.0 Å². The fraction of sp³-hybridized carbons (Fsp3) is 0.583. The molecule has 5 aliphatic heterocycles. The zero-order valence-corrected chi connectivity index (χ0v) is 24.7. The average molecular weight is 565 g/mol. The van der Waals surface area contributed by atoms with Crippen LogP contribution in [0.25, 0.3) is 27.4 Å². The van der Waals surface area contributed by atoms with E-state index in [9.17, 15) is 5.11 Å². The van der Waals surface area contributed by atoms with Crippen LogP contribution in [-0.2, 0) is 4.74 Å². The highest BCUT2D eigenvalue weighted by Crippen LogP contribution is 2.66. The summed E-state index contributed by atoms with van der Waals surface area (Å²) in [5.74, 6) is 0.341. The second kappa shape index (κ2) is 9.49. The summed E-state index contributed by atoms with van der Waals surface area (Å²) in [5, 5.41) is 15.7. The summed E-state index contributed by atoms with van der Waals surface area (Å²) in [6, 6.07) is 10.8. The van der Waals surface area contributed by atoms with E-state index in [1.165, 1.54) is 29.2 Å². The largest absolute Gasteiger partial charge is 0.384 e. The molecule has 5 bridgehead atoms. The maximum Gasteiger partial charge on any atom is 0.123 e. The molecule has 9 rings (SSSR count). The average Bonchev–Trinajstić information content (AvgIpc) is 3.61. The van der Waals surface area contributed by atoms with Crippen molar-refractivity contribution in [1.82, 2.24) is 19.8 Å². The highest BCUT2D eigenvalue weighted by molar-refractivity contribution is 6.09. The lowest BCUT2D eigenvalue weighted by Crippen LogP contribution is -2.66. The van der Waals surface area contributed by atoms with Gasteiger partial charge in [-0.05, 0) is 113 Å². The lowest BCUT2D eigenvalue weighted by molar-refractivity contribution is -0.145. The summed E-state index contributed by atoms with van der Waals surface area (Å²) >= 11 is 0. The molecule has 1 aromatic carbocycles. The highest BCUT2D eigenvalue weighted by Gasteiger charge is 2.71. The Labute approximate surface area is 248 Å². The molecular weight excluding hydrogens is 520 g/mol. The first-order chi connectivity index (χ1) is 20.6. The zero-order chi connectivity index (χ0) is 27.9. The van der Waals surface area contributed by atoms with Gasteiger partial charge in [-0.25, -0.2) is 0 Å². The first-order valence-corrected chi connectivity index (χ1v) is 16.7. The van der Waals surface area contributed by atoms with Gasteiger partial charge in [0.1, 0.15) is 5.72 Å². The van der Waals surface area contributed by atoms with E-state index < -0.39 is 5.60 Å². The van der Waals surface area contributed by atoms with E-state index in [1.54, 1.807) is 0 Å². The highest BCUT2D eigenvalue weighted by atomic mass is 16.5. The summed E-state index contributed by atoms with van der Waals surface area (Å²) in [6.45, 7) is 4.35. The number of hydrogen-bond donors (Lipinski definition) is 2. The van der Waals surface area contributed by atoms with Crippen molar-refractivity contribution in [3.05, 3.63) is 60.5 Å². The molecular formula is C36H44N4O2. The van der Waals surface area contributed by atoms with E-state index in [2.05, 4.69) is 63.3 Å². The minimum absolute atomic E-state index is 0.0643. The number of allylic oxidation sites excluding steroid dienone is 3. The molecule has 2 N–H and O–H groups in total. The minimum Gasteiger partial charge on any atom is -0.384 e. The smallest absolute Gasteiger partial charge is 0.123 e. The summed E-state index contributed by atoms with van der Waals surface area (Å²) in [5.41, 5.74) is 3.32. The molecule has 0 radical (unpaired) electrons. The van der Waals surface area contributed by atoms with Crippen LogP contribution >= 0.6 is 0 Å². The van der Waals surface area contributed by atoms with Crippen LogP contribution in [0.5, 0.6) is 0 Å². The molecule has 7 heterocycles. The Morgan fingerprint density at radius 2 is 1.86 bits per heavy atom. The van der Waals surface area contributed by atoms with Crippen molar-refractivity contribution in [2.24, 2.45) is 11.3 Å². The SMILES string of the molecule is O[C@]12C=C(c3nccc4c3[nH]c3ccccc34)[C@@H]3CCN(CCCC/C=C\CC1)C[C@@]31C[C@@]34CC[C@@H](CCCN3[C@H]12)O4. The first kappa shape index (κ1) is 25.9. The Balaban J connectivity index is 1.27. The molecule has 7 atom stereocenters. The summed E-state index contributed by atoms with van der Waals surface area (Å²) < 4.78 is 7.08. The van der Waals surface area contributed by atoms with Crippen LogP contribution < -0.4 is 0 Å². The number of rotatable bonds is 1. The van der Waals surface area contributed by atoms with Gasteiger partial charge >= 0.3 is 0 Å². The van der Waals surface area contributed by atoms with Gasteiger partial charge < -0.3 is 19.7 Å². The van der Waals surface area contributed by atoms with Crippen molar-refractivity contribution in [2.75, 3.05) is 26.2 Å². The predicted molar refractivity (Wildman–Crippen MR) is 167 cm³/mol. The van der Waals surface area contributed by atoms with E-state index >= 15 is 0 Å². The minimum atomic E-state index is -0.946. The number of benzene rings is 1. The molecule has 0 amide bonds. The Morgan fingerprint density at radius 3 is 2.83 bits per heavy atom. The zero-order valence-electron chi connectivity index (χ0n) is 24.7. The monoisotopic (exact) mass is 564 g/mol. The third-order valence-electron chi connectivity index (χ3n) is 12.0. The Morgan fingerprint density at radius 1 is 0.929 bits per heavy atom. The van der Waals surface area contributed by atoms with Crippen LogP contribution in [0.2, 0.25) is 0 Å². The lowest BCUT2D eigenvalue weighted by Gasteiger charge is -2.58. The van der Waals surface area contributed by atoms with Gasteiger partial charge in [0.25, 0.3) is 0 Å². The third-order valence-corrected chi connectivity index (χ3v) is 12.0. The molecule has 42 heavy (non-hydrogen) atoms. The van der Waals surface area contributed by atoms with Crippen molar-refractivity contribution in [3.63, 3.8) is 0 Å². The predicted octanol–water partition coefficient (Wildman–Crippen LogP) is 6.42. The van der Waals surface area contributed by atoms with Gasteiger partial charge in [0.05, 0.1) is 29.0 Å². The molecule has 6 heteroatoms. The van der Waals surface area contributed by atoms with Gasteiger partial charge in [-0.1, -0.05) is 30.4 Å². The van der Waals surface area contributed by atoms with E-state index in [-0.39, 0.29) is 17.2 Å². The number of ether oxygens (including phenoxy) is 1. The van der Waals surface area contributed by atoms with E-state index in [0.717, 1.165) is 101 Å². The van der Waals surface area contributed by atoms with Crippen molar-refractivity contribution in [1.29, 1.82) is 0 Å². The fourth-order valence-electron chi connectivity index (χ4n) is 10.6. The van der Waals surface area contributed by atoms with Crippen molar-refractivity contribution in [2.45, 2.75) is 94.1 Å². The number of nitrogens with one attached hydrogen (secondary N) is 1. The van der Waals surface area contributed by atoms with E-state index in [1.807, 2.05) is 6.20 Å². The number of nitrogens with zero attached hydrogens (tertiary/aromatic N) is 3. The van der Waals surface area contributed by atoms with Crippen LogP contribution in [0.15, 0.2) is 54.8 Å². The molecule has 6 aliphatic rings. The van der Waals surface area contributed by atoms with Crippen molar-refractivity contribution >= 4 is 27.4 Å². The molecule has 4 fully saturated rings. The maximum atomic E-state index is 13.2. The maximum absolute atomic E-state index is 13.2. The summed E-state index contributed by atoms with van der Waals surface area (Å²) in [6.07, 6.45) is 21.3. The molecule has 1 aliphatic carbocycles. The first-order valence-electron chi connectivity index (χ1n) is 16.7. The number of aromatic amines is 1. The van der Waals surface area contributed by atoms with Crippen molar-refractivity contribution in [3.8, 4) is 0 Å². The van der Waals surface area contributed by atoms with Gasteiger partial charge in [-0.3, -0.25) is 9.88 Å². The van der Waals surface area contributed by atoms with Gasteiger partial charge in [0.2, 0.25) is 0 Å². The number of aromatic nitrogens is 2. The molecule has 220 valence electrons. The normalized spacial score (nSPS) is 40.9. The molecule has 0 saturated carbocycles. The molecule has 1 unspecified atom stereocenters. The molecule has 6 nitrogen and oxygen atoms in total. The quantitative estimate of drug-likeness (QED) is 0.334. The van der Waals surface area contributed by atoms with Crippen LogP contribution in [0.4, 0.5) is 0 Å². The summed E-state index contributed by atoms with van der Waals surface area (Å²) in [4.78, 5) is 14.3. The molecule has 2 aromatic heterocycles. The number of pyridine rings is 1. The van der Waals surface area contributed by atoms with Gasteiger partial charge in [-0.2, -0.15) is 0 Å². The molecule has 2 spiro atoms. The number of H-pyrrole nitrogens is 1. The van der Waals surface area contributed by atoms with Gasteiger partial charge in [-0.15, -0.1) is 0 Å². The topological polar surface area (TPSA) is 64.6 Å². The van der Waals surface area contributed by atoms with E-state index in [4.69, 9.17) is 9.72 Å². The number of aliphatic hydroxyl groups is 1. The lowest BCUT2D eigenvalue weighted by atomic mass is 9.54. The molecule has 4 saturated heterocycles. The standard InChI is InChI=1S/C36H44N4O2/c41-35-16-7-3-1-2-4-8-19-39-21-15-29(34(24-39)23-36-17-13-25(42-36)10-9-20-40(36)33(34)35)28(22-35)31-32-27(14-18-37-31)26-11-5-6-12-30(26)38-32/h1,3,5-6,11-12,14,18,22,25,29,33,38,41H,2,4,7-10,13,15-17,19-21,23-24H2/b3-1-/t25-,29+,33-,34+,35+,36+/m1/s1. The Bertz CT molecular complexity index is 1590. The van der Waals surface area contributed by atoms with Crippen LogP contribution in [0.1, 0.15) is 76.3 Å². The summed E-state index contributed by atoms with van der Waals surface area (Å²) in [7, 11) is 0. The van der Waals surface area contributed by atoms with Gasteiger partial charge in [0.15, 0.2) is 0 Å². The number of para-hydroxylation sites is 1. The Hall–Kier alpha value is -2.51.